The van der Waals surface area contributed by atoms with E-state index >= 15 is 0 Å². The van der Waals surface area contributed by atoms with Gasteiger partial charge in [0, 0.05) is 24.1 Å². The molecular weight excluding hydrogens is 300 g/mol. The normalized spacial score (nSPS) is 13.1. The average molecular weight is 309 g/mol. The zero-order chi connectivity index (χ0) is 11.1. The van der Waals surface area contributed by atoms with Gasteiger partial charge in [-0.15, -0.1) is 0 Å². The zero-order valence-electron chi connectivity index (χ0n) is 8.66. The summed E-state index contributed by atoms with van der Waals surface area (Å²) in [6.45, 7) is 2.14. The quantitative estimate of drug-likeness (QED) is 0.547. The Hall–Kier alpha value is -0.380. The third-order valence-electron chi connectivity index (χ3n) is 2.44. The molecule has 2 aromatic carbocycles. The van der Waals surface area contributed by atoms with Crippen LogP contribution >= 0.6 is 39.5 Å². The standard InChI is InChI=1S/C13H9BrS2/c1-8-2-4-10-12(6-8)16-13-7-9(14)3-5-11(13)15-10/h2-7H,1H3. The van der Waals surface area contributed by atoms with Crippen LogP contribution in [0.2, 0.25) is 0 Å². The molecule has 0 nitrogen and oxygen atoms in total. The lowest BCUT2D eigenvalue weighted by Gasteiger charge is -2.18. The van der Waals surface area contributed by atoms with Gasteiger partial charge in [0.2, 0.25) is 0 Å². The van der Waals surface area contributed by atoms with Gasteiger partial charge in [0.1, 0.15) is 0 Å². The molecule has 0 unspecified atom stereocenters. The number of aryl methyl sites for hydroxylation is 1. The molecule has 3 heteroatoms. The Morgan fingerprint density at radius 3 is 2.25 bits per heavy atom. The zero-order valence-corrected chi connectivity index (χ0v) is 11.9. The number of rotatable bonds is 0. The van der Waals surface area contributed by atoms with Gasteiger partial charge < -0.3 is 0 Å². The van der Waals surface area contributed by atoms with Crippen molar-refractivity contribution in [2.75, 3.05) is 0 Å². The monoisotopic (exact) mass is 308 g/mol. The average Bonchev–Trinajstić information content (AvgIpc) is 2.26. The maximum Gasteiger partial charge on any atom is 0.0273 e. The summed E-state index contributed by atoms with van der Waals surface area (Å²) in [5, 5.41) is 0. The maximum atomic E-state index is 3.52. The number of hydrogen-bond acceptors (Lipinski definition) is 2. The molecule has 2 aromatic rings. The summed E-state index contributed by atoms with van der Waals surface area (Å²) in [6, 6.07) is 13.1. The molecule has 0 saturated carbocycles. The summed E-state index contributed by atoms with van der Waals surface area (Å²) < 4.78 is 1.15. The Kier molecular flexibility index (Phi) is 2.78. The topological polar surface area (TPSA) is 0 Å². The van der Waals surface area contributed by atoms with Crippen LogP contribution in [0.4, 0.5) is 0 Å². The first kappa shape index (κ1) is 10.8. The fraction of sp³-hybridized carbons (Fsp3) is 0.0769. The van der Waals surface area contributed by atoms with Gasteiger partial charge >= 0.3 is 0 Å². The van der Waals surface area contributed by atoms with Crippen LogP contribution in [0.15, 0.2) is 60.5 Å². The van der Waals surface area contributed by atoms with Crippen LogP contribution in [0.3, 0.4) is 0 Å². The van der Waals surface area contributed by atoms with Crippen molar-refractivity contribution >= 4 is 39.5 Å². The van der Waals surface area contributed by atoms with E-state index in [0.717, 1.165) is 4.47 Å². The van der Waals surface area contributed by atoms with Crippen LogP contribution < -0.4 is 0 Å². The molecule has 0 bridgehead atoms. The molecular formula is C13H9BrS2. The second-order valence-electron chi connectivity index (χ2n) is 3.75. The van der Waals surface area contributed by atoms with Gasteiger partial charge in [-0.1, -0.05) is 45.5 Å². The second-order valence-corrected chi connectivity index (χ2v) is 6.83. The fourth-order valence-electron chi connectivity index (χ4n) is 1.66. The highest BCUT2D eigenvalue weighted by Gasteiger charge is 2.16. The Bertz CT molecular complexity index is 514. The van der Waals surface area contributed by atoms with E-state index in [2.05, 4.69) is 59.3 Å². The molecule has 1 heterocycles. The molecule has 0 radical (unpaired) electrons. The van der Waals surface area contributed by atoms with Crippen molar-refractivity contribution < 1.29 is 0 Å². The molecule has 0 atom stereocenters. The molecule has 0 aliphatic carbocycles. The van der Waals surface area contributed by atoms with Crippen molar-refractivity contribution in [3.05, 3.63) is 46.4 Å². The summed E-state index contributed by atoms with van der Waals surface area (Å²) in [6.07, 6.45) is 0. The molecule has 0 fully saturated rings. The minimum absolute atomic E-state index is 1.15. The van der Waals surface area contributed by atoms with E-state index in [1.54, 1.807) is 0 Å². The van der Waals surface area contributed by atoms with Gasteiger partial charge in [-0.05, 0) is 42.8 Å². The Morgan fingerprint density at radius 1 is 0.812 bits per heavy atom. The van der Waals surface area contributed by atoms with Crippen molar-refractivity contribution in [2.45, 2.75) is 26.5 Å². The van der Waals surface area contributed by atoms with Crippen LogP contribution in [0.25, 0.3) is 0 Å². The van der Waals surface area contributed by atoms with E-state index < -0.39 is 0 Å². The van der Waals surface area contributed by atoms with Crippen LogP contribution in [-0.4, -0.2) is 0 Å². The van der Waals surface area contributed by atoms with Gasteiger partial charge in [0.25, 0.3) is 0 Å². The molecule has 80 valence electrons. The summed E-state index contributed by atoms with van der Waals surface area (Å²) in [5.41, 5.74) is 1.32. The second kappa shape index (κ2) is 4.13. The summed E-state index contributed by atoms with van der Waals surface area (Å²) in [4.78, 5) is 5.43. The van der Waals surface area contributed by atoms with E-state index in [9.17, 15) is 0 Å². The summed E-state index contributed by atoms with van der Waals surface area (Å²) in [5.74, 6) is 0. The first-order chi connectivity index (χ1) is 7.72. The predicted molar refractivity (Wildman–Crippen MR) is 73.6 cm³/mol. The first-order valence-electron chi connectivity index (χ1n) is 4.98. The minimum atomic E-state index is 1.15. The van der Waals surface area contributed by atoms with E-state index in [1.807, 2.05) is 23.5 Å². The fourth-order valence-corrected chi connectivity index (χ4v) is 4.51. The Labute approximate surface area is 112 Å². The number of fused-ring (bicyclic) bond motifs is 2. The molecule has 0 spiro atoms. The summed E-state index contributed by atoms with van der Waals surface area (Å²) in [7, 11) is 0. The SMILES string of the molecule is Cc1ccc2c(c1)Sc1cc(Br)ccc1S2. The third kappa shape index (κ3) is 1.92. The third-order valence-corrected chi connectivity index (χ3v) is 5.46. The molecule has 1 aliphatic rings. The van der Waals surface area contributed by atoms with Gasteiger partial charge in [-0.25, -0.2) is 0 Å². The van der Waals surface area contributed by atoms with Crippen molar-refractivity contribution in [3.8, 4) is 0 Å². The lowest BCUT2D eigenvalue weighted by Crippen LogP contribution is -1.89. The van der Waals surface area contributed by atoms with Crippen molar-refractivity contribution in [3.63, 3.8) is 0 Å². The molecule has 0 aromatic heterocycles. The molecule has 16 heavy (non-hydrogen) atoms. The highest BCUT2D eigenvalue weighted by molar-refractivity contribution is 9.10. The van der Waals surface area contributed by atoms with Crippen LogP contribution in [-0.2, 0) is 0 Å². The maximum absolute atomic E-state index is 3.52. The Balaban J connectivity index is 2.10. The van der Waals surface area contributed by atoms with Crippen LogP contribution in [0.5, 0.6) is 0 Å². The minimum Gasteiger partial charge on any atom is -0.0877 e. The lowest BCUT2D eigenvalue weighted by molar-refractivity contribution is 1.14. The van der Waals surface area contributed by atoms with Gasteiger partial charge in [-0.2, -0.15) is 0 Å². The molecule has 3 rings (SSSR count). The van der Waals surface area contributed by atoms with E-state index in [0.29, 0.717) is 0 Å². The van der Waals surface area contributed by atoms with Crippen molar-refractivity contribution in [1.82, 2.24) is 0 Å². The first-order valence-corrected chi connectivity index (χ1v) is 7.41. The molecule has 0 N–H and O–H groups in total. The molecule has 0 saturated heterocycles. The van der Waals surface area contributed by atoms with Crippen LogP contribution in [0.1, 0.15) is 5.56 Å². The molecule has 1 aliphatic heterocycles. The smallest absolute Gasteiger partial charge is 0.0273 e. The van der Waals surface area contributed by atoms with Crippen molar-refractivity contribution in [2.24, 2.45) is 0 Å². The van der Waals surface area contributed by atoms with Gasteiger partial charge in [0.05, 0.1) is 0 Å². The number of benzene rings is 2. The summed E-state index contributed by atoms with van der Waals surface area (Å²) >= 11 is 7.24. The van der Waals surface area contributed by atoms with Gasteiger partial charge in [0.15, 0.2) is 0 Å². The van der Waals surface area contributed by atoms with Crippen LogP contribution in [0, 0.1) is 6.92 Å². The van der Waals surface area contributed by atoms with Gasteiger partial charge in [-0.3, -0.25) is 0 Å². The largest absolute Gasteiger partial charge is 0.0877 e. The van der Waals surface area contributed by atoms with Crippen molar-refractivity contribution in [1.29, 1.82) is 0 Å². The lowest BCUT2D eigenvalue weighted by atomic mass is 10.2. The predicted octanol–water partition coefficient (Wildman–Crippen LogP) is 5.37. The highest BCUT2D eigenvalue weighted by Crippen LogP contribution is 2.49. The number of hydrogen-bond donors (Lipinski definition) is 0. The Morgan fingerprint density at radius 2 is 1.44 bits per heavy atom. The van der Waals surface area contributed by atoms with E-state index in [1.165, 1.54) is 25.1 Å². The molecule has 0 amide bonds. The highest BCUT2D eigenvalue weighted by atomic mass is 79.9. The van der Waals surface area contributed by atoms with E-state index in [-0.39, 0.29) is 0 Å². The number of halogens is 1. The van der Waals surface area contributed by atoms with E-state index in [4.69, 9.17) is 0 Å².